The molecule has 0 bridgehead atoms. The summed E-state index contributed by atoms with van der Waals surface area (Å²) in [6.07, 6.45) is 0. The van der Waals surface area contributed by atoms with Gasteiger partial charge in [0.1, 0.15) is 0 Å². The number of benzene rings is 3. The predicted molar refractivity (Wildman–Crippen MR) is 112 cm³/mol. The minimum absolute atomic E-state index is 0.0540. The Hall–Kier alpha value is -3.33. The number of carbonyl (C=O) groups excluding carboxylic acids is 3. The maximum absolute atomic E-state index is 11.9. The van der Waals surface area contributed by atoms with Crippen molar-refractivity contribution in [2.75, 3.05) is 0 Å². The van der Waals surface area contributed by atoms with Crippen LogP contribution in [0.5, 0.6) is 0 Å². The number of Topliss-reactive ketones (excluding diaryl/α,β-unsaturated/α-hetero) is 3. The normalized spacial score (nSPS) is 10.6. The molecule has 0 aliphatic heterocycles. The molecule has 0 aliphatic rings. The molecule has 3 rings (SSSR count). The molecule has 0 saturated carbocycles. The Morgan fingerprint density at radius 2 is 0.893 bits per heavy atom. The molecule has 0 aromatic heterocycles. The van der Waals surface area contributed by atoms with E-state index in [-0.39, 0.29) is 17.3 Å². The minimum atomic E-state index is -0.125. The predicted octanol–water partition coefficient (Wildman–Crippen LogP) is 5.94. The first-order valence-electron chi connectivity index (χ1n) is 9.16. The summed E-state index contributed by atoms with van der Waals surface area (Å²) >= 11 is 0. The van der Waals surface area contributed by atoms with Crippen molar-refractivity contribution in [1.82, 2.24) is 0 Å². The molecule has 28 heavy (non-hydrogen) atoms. The summed E-state index contributed by atoms with van der Waals surface area (Å²) < 4.78 is 0. The van der Waals surface area contributed by atoms with Gasteiger partial charge in [-0.05, 0) is 67.6 Å². The number of ketones is 3. The number of carbonyl (C=O) groups is 3. The topological polar surface area (TPSA) is 51.2 Å². The molecule has 3 aromatic carbocycles. The third-order valence-electron chi connectivity index (χ3n) is 4.95. The van der Waals surface area contributed by atoms with Gasteiger partial charge in [-0.3, -0.25) is 14.4 Å². The molecule has 140 valence electrons. The molecule has 0 amide bonds. The molecule has 0 atom stereocenters. The van der Waals surface area contributed by atoms with Gasteiger partial charge in [0, 0.05) is 16.7 Å². The van der Waals surface area contributed by atoms with Crippen LogP contribution in [0.2, 0.25) is 0 Å². The van der Waals surface area contributed by atoms with Crippen molar-refractivity contribution in [2.45, 2.75) is 27.7 Å². The van der Waals surface area contributed by atoms with Crippen LogP contribution in [-0.4, -0.2) is 17.3 Å². The van der Waals surface area contributed by atoms with Gasteiger partial charge in [0.15, 0.2) is 17.3 Å². The van der Waals surface area contributed by atoms with E-state index < -0.39 is 0 Å². The molecule has 3 aromatic rings. The lowest BCUT2D eigenvalue weighted by Gasteiger charge is -2.10. The molecule has 0 radical (unpaired) electrons. The van der Waals surface area contributed by atoms with Gasteiger partial charge < -0.3 is 0 Å². The quantitative estimate of drug-likeness (QED) is 0.523. The summed E-state index contributed by atoms with van der Waals surface area (Å²) in [6.45, 7) is 6.44. The fourth-order valence-electron chi connectivity index (χ4n) is 3.36. The van der Waals surface area contributed by atoms with Crippen molar-refractivity contribution < 1.29 is 14.4 Å². The molecular formula is C25H22O3. The van der Waals surface area contributed by atoms with Gasteiger partial charge in [-0.1, -0.05) is 48.5 Å². The molecule has 0 heterocycles. The van der Waals surface area contributed by atoms with Gasteiger partial charge in [-0.2, -0.15) is 0 Å². The summed E-state index contributed by atoms with van der Waals surface area (Å²) in [6, 6.07) is 19.2. The van der Waals surface area contributed by atoms with E-state index in [0.29, 0.717) is 11.1 Å². The average molecular weight is 370 g/mol. The number of hydrogen-bond donors (Lipinski definition) is 0. The van der Waals surface area contributed by atoms with Crippen LogP contribution in [0.15, 0.2) is 60.7 Å². The van der Waals surface area contributed by atoms with E-state index in [4.69, 9.17) is 0 Å². The maximum Gasteiger partial charge on any atom is 0.160 e. The maximum atomic E-state index is 11.9. The van der Waals surface area contributed by atoms with E-state index in [1.54, 1.807) is 19.1 Å². The summed E-state index contributed by atoms with van der Waals surface area (Å²) in [5.41, 5.74) is 6.43. The van der Waals surface area contributed by atoms with E-state index in [1.807, 2.05) is 55.5 Å². The highest BCUT2D eigenvalue weighted by Crippen LogP contribution is 2.28. The average Bonchev–Trinajstić information content (AvgIpc) is 2.67. The van der Waals surface area contributed by atoms with Gasteiger partial charge in [-0.15, -0.1) is 0 Å². The molecule has 0 unspecified atom stereocenters. The smallest absolute Gasteiger partial charge is 0.160 e. The van der Waals surface area contributed by atoms with E-state index in [0.717, 1.165) is 33.4 Å². The van der Waals surface area contributed by atoms with Crippen molar-refractivity contribution in [3.63, 3.8) is 0 Å². The number of hydrogen-bond acceptors (Lipinski definition) is 3. The molecular weight excluding hydrogens is 348 g/mol. The van der Waals surface area contributed by atoms with Crippen molar-refractivity contribution in [2.24, 2.45) is 0 Å². The highest BCUT2D eigenvalue weighted by Gasteiger charge is 2.13. The lowest BCUT2D eigenvalue weighted by Crippen LogP contribution is -2.04. The summed E-state index contributed by atoms with van der Waals surface area (Å²) in [5.74, 6) is -0.189. The summed E-state index contributed by atoms with van der Waals surface area (Å²) in [4.78, 5) is 35.5. The third kappa shape index (κ3) is 3.84. The second-order valence-electron chi connectivity index (χ2n) is 7.04. The van der Waals surface area contributed by atoms with Crippen LogP contribution in [0.3, 0.4) is 0 Å². The highest BCUT2D eigenvalue weighted by atomic mass is 16.1. The van der Waals surface area contributed by atoms with Gasteiger partial charge in [0.05, 0.1) is 0 Å². The zero-order valence-electron chi connectivity index (χ0n) is 16.5. The third-order valence-corrected chi connectivity index (χ3v) is 4.95. The monoisotopic (exact) mass is 370 g/mol. The minimum Gasteiger partial charge on any atom is -0.295 e. The second-order valence-corrected chi connectivity index (χ2v) is 7.04. The fourth-order valence-corrected chi connectivity index (χ4v) is 3.36. The zero-order valence-corrected chi connectivity index (χ0v) is 16.5. The Morgan fingerprint density at radius 3 is 1.36 bits per heavy atom. The van der Waals surface area contributed by atoms with Crippen molar-refractivity contribution >= 4 is 17.3 Å². The highest BCUT2D eigenvalue weighted by molar-refractivity contribution is 6.08. The Labute approximate surface area is 165 Å². The molecule has 0 N–H and O–H groups in total. The van der Waals surface area contributed by atoms with E-state index in [1.165, 1.54) is 13.8 Å². The second kappa shape index (κ2) is 7.73. The Morgan fingerprint density at radius 1 is 0.500 bits per heavy atom. The van der Waals surface area contributed by atoms with E-state index >= 15 is 0 Å². The lowest BCUT2D eigenvalue weighted by molar-refractivity contribution is 0.0981. The molecule has 0 saturated heterocycles. The first-order chi connectivity index (χ1) is 13.3. The van der Waals surface area contributed by atoms with Gasteiger partial charge in [0.25, 0.3) is 0 Å². The Balaban J connectivity index is 1.99. The first-order valence-corrected chi connectivity index (χ1v) is 9.16. The summed E-state index contributed by atoms with van der Waals surface area (Å²) in [7, 11) is 0. The molecule has 0 fully saturated rings. The number of aryl methyl sites for hydroxylation is 1. The van der Waals surface area contributed by atoms with Crippen LogP contribution in [0, 0.1) is 6.92 Å². The Bertz CT molecular complexity index is 1090. The van der Waals surface area contributed by atoms with Crippen LogP contribution >= 0.6 is 0 Å². The number of rotatable bonds is 5. The van der Waals surface area contributed by atoms with E-state index in [2.05, 4.69) is 0 Å². The first kappa shape index (κ1) is 19.4. The van der Waals surface area contributed by atoms with E-state index in [9.17, 15) is 14.4 Å². The van der Waals surface area contributed by atoms with Gasteiger partial charge >= 0.3 is 0 Å². The largest absolute Gasteiger partial charge is 0.295 e. The standard InChI is InChI=1S/C25H22O3/c1-15-5-6-21(13-24(15)17(3)27)19-7-9-20(10-8-19)22-11-12-23(16(2)26)25(14-22)18(4)28/h5-14H,1-4H3. The zero-order chi connectivity index (χ0) is 20.4. The molecule has 3 nitrogen and oxygen atoms in total. The molecule has 0 spiro atoms. The van der Waals surface area contributed by atoms with Crippen molar-refractivity contribution in [3.8, 4) is 22.3 Å². The van der Waals surface area contributed by atoms with Crippen LogP contribution in [0.25, 0.3) is 22.3 Å². The van der Waals surface area contributed by atoms with Crippen molar-refractivity contribution in [3.05, 3.63) is 82.9 Å². The van der Waals surface area contributed by atoms with Gasteiger partial charge in [0.2, 0.25) is 0 Å². The van der Waals surface area contributed by atoms with Crippen LogP contribution in [-0.2, 0) is 0 Å². The molecule has 3 heteroatoms. The fraction of sp³-hybridized carbons (Fsp3) is 0.160. The van der Waals surface area contributed by atoms with Crippen LogP contribution in [0.4, 0.5) is 0 Å². The van der Waals surface area contributed by atoms with Crippen molar-refractivity contribution in [1.29, 1.82) is 0 Å². The summed E-state index contributed by atoms with van der Waals surface area (Å²) in [5, 5.41) is 0. The van der Waals surface area contributed by atoms with Crippen LogP contribution < -0.4 is 0 Å². The van der Waals surface area contributed by atoms with Crippen LogP contribution in [0.1, 0.15) is 57.4 Å². The lowest BCUT2D eigenvalue weighted by atomic mass is 9.93. The molecule has 0 aliphatic carbocycles. The Kier molecular flexibility index (Phi) is 5.36. The SMILES string of the molecule is CC(=O)c1cc(-c2ccc(-c3ccc(C(C)=O)c(C(C)=O)c3)cc2)ccc1C. The van der Waals surface area contributed by atoms with Gasteiger partial charge in [-0.25, -0.2) is 0 Å².